The van der Waals surface area contributed by atoms with Crippen LogP contribution < -0.4 is 5.32 Å². The molecule has 1 heterocycles. The van der Waals surface area contributed by atoms with Crippen LogP contribution in [0, 0.1) is 0 Å². The van der Waals surface area contributed by atoms with Crippen LogP contribution in [-0.2, 0) is 4.74 Å². The Morgan fingerprint density at radius 2 is 1.75 bits per heavy atom. The number of fused-ring (bicyclic) bond motifs is 3. The van der Waals surface area contributed by atoms with E-state index in [1.54, 1.807) is 12.2 Å². The van der Waals surface area contributed by atoms with Crippen LogP contribution in [0.1, 0.15) is 39.4 Å². The number of amides is 1. The van der Waals surface area contributed by atoms with Gasteiger partial charge in [-0.25, -0.2) is 14.6 Å². The molecule has 1 aromatic heterocycles. The molecule has 7 heteroatoms. The first-order chi connectivity index (χ1) is 15.5. The van der Waals surface area contributed by atoms with Crippen molar-refractivity contribution in [1.82, 2.24) is 10.3 Å². The largest absolute Gasteiger partial charge is 0.478 e. The van der Waals surface area contributed by atoms with Crippen molar-refractivity contribution in [2.45, 2.75) is 12.3 Å². The Labute approximate surface area is 190 Å². The van der Waals surface area contributed by atoms with Crippen LogP contribution in [-0.4, -0.2) is 35.3 Å². The summed E-state index contributed by atoms with van der Waals surface area (Å²) in [5.74, 6) is -1.05. The average molecular weight is 449 g/mol. The summed E-state index contributed by atoms with van der Waals surface area (Å²) in [5.41, 5.74) is 5.26. The maximum atomic E-state index is 12.2. The minimum Gasteiger partial charge on any atom is -0.478 e. The van der Waals surface area contributed by atoms with E-state index in [9.17, 15) is 9.59 Å². The first kappa shape index (κ1) is 21.6. The van der Waals surface area contributed by atoms with E-state index >= 15 is 0 Å². The molecule has 0 bridgehead atoms. The van der Waals surface area contributed by atoms with Crippen molar-refractivity contribution in [1.29, 1.82) is 0 Å². The number of aromatic nitrogens is 1. The van der Waals surface area contributed by atoms with Crippen molar-refractivity contribution in [3.63, 3.8) is 0 Å². The first-order valence-electron chi connectivity index (χ1n) is 10.2. The topological polar surface area (TPSA) is 88.5 Å². The van der Waals surface area contributed by atoms with Gasteiger partial charge in [-0.2, -0.15) is 0 Å². The molecule has 3 aromatic rings. The van der Waals surface area contributed by atoms with E-state index in [2.05, 4.69) is 34.6 Å². The molecular formula is C25H21ClN2O4. The Hall–Kier alpha value is -3.64. The number of aromatic carboxylic acids is 1. The molecule has 6 nitrogen and oxygen atoms in total. The number of carbonyl (C=O) groups is 2. The smallest absolute Gasteiger partial charge is 0.407 e. The zero-order valence-electron chi connectivity index (χ0n) is 17.1. The molecule has 0 radical (unpaired) electrons. The second-order valence-electron chi connectivity index (χ2n) is 7.35. The lowest BCUT2D eigenvalue weighted by Crippen LogP contribution is -2.26. The minimum absolute atomic E-state index is 0.0178. The number of carbonyl (C=O) groups excluding carboxylic acids is 1. The summed E-state index contributed by atoms with van der Waals surface area (Å²) in [5, 5.41) is 12.0. The van der Waals surface area contributed by atoms with Crippen molar-refractivity contribution in [3.8, 4) is 11.1 Å². The SMILES string of the molecule is O=C(NCCC=Cc1cc(C(=O)O)cnc1Cl)OCC1c2ccccc2-c2ccccc21. The molecule has 1 amide bonds. The first-order valence-corrected chi connectivity index (χ1v) is 10.6. The monoisotopic (exact) mass is 448 g/mol. The standard InChI is InChI=1S/C25H21ClN2O4/c26-23-16(13-17(14-28-23)24(29)30)7-5-6-12-27-25(31)32-15-22-20-10-3-1-8-18(20)19-9-2-4-11-21(19)22/h1-5,7-11,13-14,22H,6,12,15H2,(H,27,31)(H,29,30). The second-order valence-corrected chi connectivity index (χ2v) is 7.71. The zero-order valence-corrected chi connectivity index (χ0v) is 17.9. The molecule has 1 aliphatic rings. The van der Waals surface area contributed by atoms with Gasteiger partial charge in [-0.3, -0.25) is 0 Å². The van der Waals surface area contributed by atoms with E-state index in [0.717, 1.165) is 0 Å². The molecule has 162 valence electrons. The fourth-order valence-corrected chi connectivity index (χ4v) is 3.98. The molecule has 1 aliphatic carbocycles. The number of carboxylic acids is 1. The van der Waals surface area contributed by atoms with Crippen LogP contribution in [0.5, 0.6) is 0 Å². The van der Waals surface area contributed by atoms with Gasteiger partial charge in [0, 0.05) is 24.2 Å². The third-order valence-electron chi connectivity index (χ3n) is 5.33. The van der Waals surface area contributed by atoms with Crippen LogP contribution in [0.3, 0.4) is 0 Å². The highest BCUT2D eigenvalue weighted by Gasteiger charge is 2.28. The van der Waals surface area contributed by atoms with Gasteiger partial charge in [-0.15, -0.1) is 0 Å². The molecule has 0 spiro atoms. The van der Waals surface area contributed by atoms with Crippen LogP contribution in [0.2, 0.25) is 5.15 Å². The van der Waals surface area contributed by atoms with Gasteiger partial charge in [-0.05, 0) is 34.7 Å². The lowest BCUT2D eigenvalue weighted by Gasteiger charge is -2.14. The fraction of sp³-hybridized carbons (Fsp3) is 0.160. The number of ether oxygens (including phenoxy) is 1. The minimum atomic E-state index is -1.07. The van der Waals surface area contributed by atoms with Gasteiger partial charge in [0.2, 0.25) is 0 Å². The van der Waals surface area contributed by atoms with E-state index < -0.39 is 12.1 Å². The van der Waals surface area contributed by atoms with E-state index in [-0.39, 0.29) is 23.2 Å². The Bertz CT molecular complexity index is 1150. The Balaban J connectivity index is 1.28. The van der Waals surface area contributed by atoms with Gasteiger partial charge < -0.3 is 15.2 Å². The summed E-state index contributed by atoms with van der Waals surface area (Å²) in [7, 11) is 0. The van der Waals surface area contributed by atoms with Gasteiger partial charge >= 0.3 is 12.1 Å². The molecule has 0 saturated heterocycles. The van der Waals surface area contributed by atoms with E-state index in [4.69, 9.17) is 21.4 Å². The average Bonchev–Trinajstić information content (AvgIpc) is 3.12. The fourth-order valence-electron chi connectivity index (χ4n) is 3.82. The van der Waals surface area contributed by atoms with Crippen LogP contribution in [0.25, 0.3) is 17.2 Å². The summed E-state index contributed by atoms with van der Waals surface area (Å²) in [6.07, 6.45) is 4.73. The number of carboxylic acid groups (broad SMARTS) is 1. The van der Waals surface area contributed by atoms with Crippen LogP contribution in [0.4, 0.5) is 4.79 Å². The predicted molar refractivity (Wildman–Crippen MR) is 123 cm³/mol. The normalized spacial score (nSPS) is 12.4. The lowest BCUT2D eigenvalue weighted by atomic mass is 9.98. The number of benzene rings is 2. The van der Waals surface area contributed by atoms with Gasteiger partial charge in [0.25, 0.3) is 0 Å². The summed E-state index contributed by atoms with van der Waals surface area (Å²) < 4.78 is 5.50. The summed E-state index contributed by atoms with van der Waals surface area (Å²) in [6, 6.07) is 17.8. The van der Waals surface area contributed by atoms with E-state index in [0.29, 0.717) is 18.5 Å². The third kappa shape index (κ3) is 4.65. The molecule has 2 N–H and O–H groups in total. The van der Waals surface area contributed by atoms with Gasteiger partial charge in [0.05, 0.1) is 5.56 Å². The molecule has 0 unspecified atom stereocenters. The highest BCUT2D eigenvalue weighted by atomic mass is 35.5. The number of nitrogens with zero attached hydrogens (tertiary/aromatic N) is 1. The molecule has 4 rings (SSSR count). The van der Waals surface area contributed by atoms with E-state index in [1.165, 1.54) is 34.5 Å². The van der Waals surface area contributed by atoms with Crippen molar-refractivity contribution in [3.05, 3.63) is 94.3 Å². The zero-order chi connectivity index (χ0) is 22.5. The van der Waals surface area contributed by atoms with Crippen molar-refractivity contribution < 1.29 is 19.4 Å². The molecule has 2 aromatic carbocycles. The quantitative estimate of drug-likeness (QED) is 0.374. The Morgan fingerprint density at radius 1 is 1.09 bits per heavy atom. The molecule has 0 fully saturated rings. The summed E-state index contributed by atoms with van der Waals surface area (Å²) in [6.45, 7) is 0.635. The molecular weight excluding hydrogens is 428 g/mol. The Morgan fingerprint density at radius 3 is 2.41 bits per heavy atom. The molecule has 0 atom stereocenters. The van der Waals surface area contributed by atoms with E-state index in [1.807, 2.05) is 24.3 Å². The third-order valence-corrected chi connectivity index (χ3v) is 5.65. The van der Waals surface area contributed by atoms with Gasteiger partial charge in [-0.1, -0.05) is 72.3 Å². The highest BCUT2D eigenvalue weighted by molar-refractivity contribution is 6.30. The van der Waals surface area contributed by atoms with Crippen LogP contribution >= 0.6 is 11.6 Å². The summed E-state index contributed by atoms with van der Waals surface area (Å²) >= 11 is 5.99. The molecule has 0 saturated carbocycles. The number of nitrogens with one attached hydrogen (secondary N) is 1. The van der Waals surface area contributed by atoms with Crippen LogP contribution in [0.15, 0.2) is 66.9 Å². The number of alkyl carbamates (subject to hydrolysis) is 1. The van der Waals surface area contributed by atoms with Gasteiger partial charge in [0.15, 0.2) is 0 Å². The maximum absolute atomic E-state index is 12.2. The van der Waals surface area contributed by atoms with Crippen molar-refractivity contribution >= 4 is 29.7 Å². The number of hydrogen-bond acceptors (Lipinski definition) is 4. The highest BCUT2D eigenvalue weighted by Crippen LogP contribution is 2.44. The number of rotatable bonds is 7. The summed E-state index contributed by atoms with van der Waals surface area (Å²) in [4.78, 5) is 27.1. The number of pyridine rings is 1. The van der Waals surface area contributed by atoms with Gasteiger partial charge in [0.1, 0.15) is 11.8 Å². The lowest BCUT2D eigenvalue weighted by molar-refractivity contribution is 0.0696. The predicted octanol–water partition coefficient (Wildman–Crippen LogP) is 5.38. The molecule has 0 aliphatic heterocycles. The van der Waals surface area contributed by atoms with Crippen molar-refractivity contribution in [2.24, 2.45) is 0 Å². The molecule has 32 heavy (non-hydrogen) atoms. The Kier molecular flexibility index (Phi) is 6.52. The second kappa shape index (κ2) is 9.66. The maximum Gasteiger partial charge on any atom is 0.407 e. The number of hydrogen-bond donors (Lipinski definition) is 2. The number of halogens is 1. The van der Waals surface area contributed by atoms with Crippen molar-refractivity contribution in [2.75, 3.05) is 13.2 Å².